The minimum atomic E-state index is -0.216. The number of aliphatic hydroxyl groups excluding tert-OH is 1. The van der Waals surface area contributed by atoms with E-state index in [0.29, 0.717) is 30.9 Å². The molecule has 0 radical (unpaired) electrons. The highest BCUT2D eigenvalue weighted by molar-refractivity contribution is 8.00. The summed E-state index contributed by atoms with van der Waals surface area (Å²) in [6.45, 7) is 1.23. The first-order chi connectivity index (χ1) is 13.2. The topological polar surface area (TPSA) is 49.8 Å². The van der Waals surface area contributed by atoms with Crippen LogP contribution in [0.4, 0.5) is 8.78 Å². The summed E-state index contributed by atoms with van der Waals surface area (Å²) in [7, 11) is 0.500. The minimum absolute atomic E-state index is 0.0183. The Kier molecular flexibility index (Phi) is 8.54. The van der Waals surface area contributed by atoms with Crippen LogP contribution < -0.4 is 4.74 Å². The van der Waals surface area contributed by atoms with Gasteiger partial charge in [-0.3, -0.25) is 9.18 Å². The summed E-state index contributed by atoms with van der Waals surface area (Å²) >= 11 is 1.48. The van der Waals surface area contributed by atoms with Crippen molar-refractivity contribution in [3.05, 3.63) is 59.9 Å². The van der Waals surface area contributed by atoms with Gasteiger partial charge in [-0.05, 0) is 36.2 Å². The number of rotatable bonds is 6. The number of halogens is 2. The fourth-order valence-corrected chi connectivity index (χ4v) is 3.87. The Labute approximate surface area is 162 Å². The Morgan fingerprint density at radius 1 is 1.22 bits per heavy atom. The number of amides is 1. The molecule has 1 amide bonds. The zero-order valence-electron chi connectivity index (χ0n) is 15.1. The Morgan fingerprint density at radius 2 is 1.93 bits per heavy atom. The number of likely N-dealkylation sites (tertiary alicyclic amines) is 1. The molecule has 1 atom stereocenters. The second-order valence-corrected chi connectivity index (χ2v) is 7.23. The van der Waals surface area contributed by atoms with E-state index in [1.54, 1.807) is 41.3 Å². The number of hydrogen-bond acceptors (Lipinski definition) is 4. The molecule has 1 fully saturated rings. The van der Waals surface area contributed by atoms with E-state index in [2.05, 4.69) is 0 Å². The van der Waals surface area contributed by atoms with E-state index in [1.165, 1.54) is 17.8 Å². The molecular weight excluding hydrogens is 372 g/mol. The molecule has 2 aromatic carbocycles. The summed E-state index contributed by atoms with van der Waals surface area (Å²) in [5, 5.41) is 9.21. The summed E-state index contributed by atoms with van der Waals surface area (Å²) < 4.78 is 28.7. The minimum Gasteiger partial charge on any atom is -0.484 e. The Bertz CT molecular complexity index is 727. The van der Waals surface area contributed by atoms with Gasteiger partial charge >= 0.3 is 0 Å². The number of thioether (sulfide) groups is 1. The SMILES string of the molecule is CF.O=C(COc1ccc(CO)cc1)N1CCC(Sc2ccccc2F)C1. The molecule has 0 aliphatic carbocycles. The van der Waals surface area contributed by atoms with Gasteiger partial charge in [-0.2, -0.15) is 0 Å². The van der Waals surface area contributed by atoms with Crippen LogP contribution in [-0.4, -0.2) is 48.0 Å². The van der Waals surface area contributed by atoms with Crippen LogP contribution in [0.1, 0.15) is 12.0 Å². The Balaban J connectivity index is 0.00000126. The highest BCUT2D eigenvalue weighted by atomic mass is 32.2. The number of alkyl halides is 1. The standard InChI is InChI=1S/C19H20FNO3S.CH3F/c20-17-3-1-2-4-18(17)25-16-9-10-21(11-16)19(23)13-24-15-7-5-14(12-22)6-8-15;1-2/h1-8,16,22H,9-13H2;1H3. The van der Waals surface area contributed by atoms with Gasteiger partial charge in [-0.15, -0.1) is 11.8 Å². The molecule has 7 heteroatoms. The summed E-state index contributed by atoms with van der Waals surface area (Å²) in [5.74, 6) is 0.317. The smallest absolute Gasteiger partial charge is 0.260 e. The van der Waals surface area contributed by atoms with Gasteiger partial charge in [0.2, 0.25) is 0 Å². The first kappa shape index (κ1) is 21.2. The average molecular weight is 395 g/mol. The molecule has 0 bridgehead atoms. The molecule has 1 aliphatic heterocycles. The van der Waals surface area contributed by atoms with E-state index in [-0.39, 0.29) is 30.2 Å². The van der Waals surface area contributed by atoms with Gasteiger partial charge in [0.15, 0.2) is 6.61 Å². The van der Waals surface area contributed by atoms with Crippen LogP contribution >= 0.6 is 11.8 Å². The maximum absolute atomic E-state index is 13.7. The first-order valence-corrected chi connectivity index (χ1v) is 9.43. The molecule has 1 unspecified atom stereocenters. The van der Waals surface area contributed by atoms with Gasteiger partial charge < -0.3 is 14.7 Å². The predicted molar refractivity (Wildman–Crippen MR) is 102 cm³/mol. The summed E-state index contributed by atoms with van der Waals surface area (Å²) in [6, 6.07) is 13.7. The summed E-state index contributed by atoms with van der Waals surface area (Å²) in [4.78, 5) is 14.7. The van der Waals surface area contributed by atoms with Gasteiger partial charge in [-0.1, -0.05) is 24.3 Å². The molecule has 1 N–H and O–H groups in total. The molecular formula is C20H23F2NO3S. The van der Waals surface area contributed by atoms with Crippen LogP contribution in [0, 0.1) is 5.82 Å². The number of ether oxygens (including phenoxy) is 1. The van der Waals surface area contributed by atoms with Crippen LogP contribution in [0.5, 0.6) is 5.75 Å². The Morgan fingerprint density at radius 3 is 2.59 bits per heavy atom. The first-order valence-electron chi connectivity index (χ1n) is 8.55. The maximum Gasteiger partial charge on any atom is 0.260 e. The lowest BCUT2D eigenvalue weighted by atomic mass is 10.2. The number of carbonyl (C=O) groups excluding carboxylic acids is 1. The molecule has 146 valence electrons. The van der Waals surface area contributed by atoms with E-state index in [9.17, 15) is 13.6 Å². The zero-order valence-corrected chi connectivity index (χ0v) is 15.9. The van der Waals surface area contributed by atoms with E-state index in [1.807, 2.05) is 6.07 Å². The quantitative estimate of drug-likeness (QED) is 0.811. The van der Waals surface area contributed by atoms with Crippen molar-refractivity contribution in [2.45, 2.75) is 23.2 Å². The fourth-order valence-electron chi connectivity index (χ4n) is 2.70. The third-order valence-corrected chi connectivity index (χ3v) is 5.40. The van der Waals surface area contributed by atoms with Crippen molar-refractivity contribution in [1.29, 1.82) is 0 Å². The molecule has 0 spiro atoms. The molecule has 1 heterocycles. The van der Waals surface area contributed by atoms with Gasteiger partial charge in [0.1, 0.15) is 11.6 Å². The predicted octanol–water partition coefficient (Wildman–Crippen LogP) is 3.68. The van der Waals surface area contributed by atoms with Crippen molar-refractivity contribution in [3.63, 3.8) is 0 Å². The second-order valence-electron chi connectivity index (χ2n) is 5.89. The van der Waals surface area contributed by atoms with Crippen LogP contribution in [-0.2, 0) is 11.4 Å². The summed E-state index contributed by atoms with van der Waals surface area (Å²) in [5.41, 5.74) is 0.797. The normalized spacial score (nSPS) is 15.9. The molecule has 1 saturated heterocycles. The van der Waals surface area contributed by atoms with E-state index in [0.717, 1.165) is 12.0 Å². The second kappa shape index (κ2) is 10.9. The lowest BCUT2D eigenvalue weighted by Gasteiger charge is -2.17. The van der Waals surface area contributed by atoms with Crippen LogP contribution in [0.3, 0.4) is 0 Å². The molecule has 2 aromatic rings. The van der Waals surface area contributed by atoms with Crippen molar-refractivity contribution in [3.8, 4) is 5.75 Å². The summed E-state index contributed by atoms with van der Waals surface area (Å²) in [6.07, 6.45) is 0.843. The maximum atomic E-state index is 13.7. The van der Waals surface area contributed by atoms with Gasteiger partial charge in [-0.25, -0.2) is 4.39 Å². The number of hydrogen-bond donors (Lipinski definition) is 1. The lowest BCUT2D eigenvalue weighted by molar-refractivity contribution is -0.132. The van der Waals surface area contributed by atoms with Gasteiger partial charge in [0, 0.05) is 23.2 Å². The number of aliphatic hydroxyl groups is 1. The molecule has 3 rings (SSSR count). The van der Waals surface area contributed by atoms with Crippen LogP contribution in [0.2, 0.25) is 0 Å². The molecule has 27 heavy (non-hydrogen) atoms. The fraction of sp³-hybridized carbons (Fsp3) is 0.350. The lowest BCUT2D eigenvalue weighted by Crippen LogP contribution is -2.33. The van der Waals surface area contributed by atoms with Crippen molar-refractivity contribution < 1.29 is 23.4 Å². The molecule has 4 nitrogen and oxygen atoms in total. The van der Waals surface area contributed by atoms with Crippen molar-refractivity contribution in [1.82, 2.24) is 4.90 Å². The average Bonchev–Trinajstić information content (AvgIpc) is 3.18. The highest BCUT2D eigenvalue weighted by Gasteiger charge is 2.27. The third-order valence-electron chi connectivity index (χ3n) is 4.10. The largest absolute Gasteiger partial charge is 0.484 e. The van der Waals surface area contributed by atoms with Gasteiger partial charge in [0.05, 0.1) is 13.8 Å². The molecule has 0 saturated carbocycles. The molecule has 0 aromatic heterocycles. The van der Waals surface area contributed by atoms with Crippen LogP contribution in [0.25, 0.3) is 0 Å². The van der Waals surface area contributed by atoms with E-state index >= 15 is 0 Å². The van der Waals surface area contributed by atoms with Crippen molar-refractivity contribution >= 4 is 17.7 Å². The van der Waals surface area contributed by atoms with Crippen molar-refractivity contribution in [2.75, 3.05) is 26.9 Å². The van der Waals surface area contributed by atoms with E-state index in [4.69, 9.17) is 9.84 Å². The monoisotopic (exact) mass is 395 g/mol. The number of nitrogens with zero attached hydrogens (tertiary/aromatic N) is 1. The molecule has 1 aliphatic rings. The number of benzene rings is 2. The zero-order chi connectivity index (χ0) is 19.6. The Hall–Kier alpha value is -2.12. The van der Waals surface area contributed by atoms with Gasteiger partial charge in [0.25, 0.3) is 5.91 Å². The van der Waals surface area contributed by atoms with Crippen molar-refractivity contribution in [2.24, 2.45) is 0 Å². The highest BCUT2D eigenvalue weighted by Crippen LogP contribution is 2.31. The third kappa shape index (κ3) is 6.22. The van der Waals surface area contributed by atoms with Crippen LogP contribution in [0.15, 0.2) is 53.4 Å². The number of carbonyl (C=O) groups is 1. The van der Waals surface area contributed by atoms with E-state index < -0.39 is 0 Å².